The van der Waals surface area contributed by atoms with Gasteiger partial charge in [0.1, 0.15) is 11.5 Å². The maximum atomic E-state index is 6.24. The number of furan rings is 1. The Morgan fingerprint density at radius 1 is 0.560 bits per heavy atom. The minimum absolute atomic E-state index is 0.701. The van der Waals surface area contributed by atoms with Gasteiger partial charge < -0.3 is 4.42 Å². The van der Waals surface area contributed by atoms with E-state index in [0.29, 0.717) is 10.0 Å². The average Bonchev–Trinajstić information content (AvgIpc) is 3.09. The molecule has 0 N–H and O–H groups in total. The Labute approximate surface area is 156 Å². The van der Waals surface area contributed by atoms with Gasteiger partial charge in [0.25, 0.3) is 0 Å². The van der Waals surface area contributed by atoms with Gasteiger partial charge in [-0.15, -0.1) is 0 Å². The van der Waals surface area contributed by atoms with Crippen LogP contribution in [0, 0.1) is 0 Å². The van der Waals surface area contributed by atoms with Gasteiger partial charge in [0, 0.05) is 26.7 Å². The van der Waals surface area contributed by atoms with Crippen molar-refractivity contribution in [3.63, 3.8) is 0 Å². The lowest BCUT2D eigenvalue weighted by Gasteiger charge is -2.03. The van der Waals surface area contributed by atoms with E-state index in [1.165, 1.54) is 0 Å². The molecule has 0 aliphatic heterocycles. The summed E-state index contributed by atoms with van der Waals surface area (Å²) in [4.78, 5) is 0. The van der Waals surface area contributed by atoms with Crippen molar-refractivity contribution in [3.05, 3.63) is 95.0 Å². The van der Waals surface area contributed by atoms with E-state index in [1.807, 2.05) is 78.9 Å². The molecule has 3 heteroatoms. The van der Waals surface area contributed by atoms with Crippen LogP contribution in [0.4, 0.5) is 0 Å². The third-order valence-corrected chi connectivity index (χ3v) is 4.56. The van der Waals surface area contributed by atoms with E-state index in [-0.39, 0.29) is 0 Å². The van der Waals surface area contributed by atoms with Gasteiger partial charge in [-0.3, -0.25) is 0 Å². The van der Waals surface area contributed by atoms with Crippen LogP contribution in [-0.4, -0.2) is 0 Å². The van der Waals surface area contributed by atoms with E-state index in [1.54, 1.807) is 0 Å². The number of hydrogen-bond acceptors (Lipinski definition) is 1. The number of benzene rings is 3. The molecule has 0 aliphatic carbocycles. The molecule has 0 atom stereocenters. The van der Waals surface area contributed by atoms with E-state index < -0.39 is 0 Å². The minimum atomic E-state index is 0.701. The van der Waals surface area contributed by atoms with Crippen LogP contribution in [0.2, 0.25) is 10.0 Å². The molecule has 0 saturated carbocycles. The molecule has 1 heterocycles. The van der Waals surface area contributed by atoms with Gasteiger partial charge in [-0.1, -0.05) is 65.7 Å². The first kappa shape index (κ1) is 16.0. The van der Waals surface area contributed by atoms with E-state index in [2.05, 4.69) is 6.07 Å². The lowest BCUT2D eigenvalue weighted by molar-refractivity contribution is 0.598. The van der Waals surface area contributed by atoms with Crippen molar-refractivity contribution >= 4 is 23.2 Å². The largest absolute Gasteiger partial charge is 0.455 e. The summed E-state index contributed by atoms with van der Waals surface area (Å²) in [6, 6.07) is 27.6. The van der Waals surface area contributed by atoms with Crippen LogP contribution in [0.5, 0.6) is 0 Å². The summed E-state index contributed by atoms with van der Waals surface area (Å²) in [5.74, 6) is 1.65. The zero-order chi connectivity index (χ0) is 17.2. The zero-order valence-corrected chi connectivity index (χ0v) is 14.8. The lowest BCUT2D eigenvalue weighted by atomic mass is 10.0. The number of halogens is 2. The van der Waals surface area contributed by atoms with Gasteiger partial charge in [0.15, 0.2) is 0 Å². The molecule has 0 unspecified atom stereocenters. The highest BCUT2D eigenvalue weighted by molar-refractivity contribution is 6.31. The SMILES string of the molecule is Clc1ccc(-c2cc(-c3ccccc3)oc2-c2ccc(Cl)cc2)cc1. The summed E-state index contributed by atoms with van der Waals surface area (Å²) in [5, 5.41) is 1.41. The van der Waals surface area contributed by atoms with Gasteiger partial charge in [-0.25, -0.2) is 0 Å². The fourth-order valence-corrected chi connectivity index (χ4v) is 3.05. The molecule has 0 spiro atoms. The molecule has 0 bridgehead atoms. The first-order valence-corrected chi connectivity index (χ1v) is 8.67. The Hall–Kier alpha value is -2.48. The zero-order valence-electron chi connectivity index (χ0n) is 13.2. The summed E-state index contributed by atoms with van der Waals surface area (Å²) >= 11 is 12.1. The Morgan fingerprint density at radius 2 is 1.12 bits per heavy atom. The molecule has 25 heavy (non-hydrogen) atoms. The first-order chi connectivity index (χ1) is 12.2. The van der Waals surface area contributed by atoms with Crippen molar-refractivity contribution in [1.82, 2.24) is 0 Å². The van der Waals surface area contributed by atoms with E-state index in [9.17, 15) is 0 Å². The van der Waals surface area contributed by atoms with Crippen LogP contribution in [0.3, 0.4) is 0 Å². The highest BCUT2D eigenvalue weighted by Crippen LogP contribution is 2.39. The number of hydrogen-bond donors (Lipinski definition) is 0. The van der Waals surface area contributed by atoms with Crippen LogP contribution in [0.25, 0.3) is 33.8 Å². The molecule has 0 saturated heterocycles. The second-order valence-corrected chi connectivity index (χ2v) is 6.61. The molecule has 0 amide bonds. The van der Waals surface area contributed by atoms with Gasteiger partial charge in [-0.2, -0.15) is 0 Å². The summed E-state index contributed by atoms with van der Waals surface area (Å²) < 4.78 is 6.24. The quantitative estimate of drug-likeness (QED) is 0.365. The second-order valence-electron chi connectivity index (χ2n) is 5.73. The first-order valence-electron chi connectivity index (χ1n) is 7.92. The predicted octanol–water partition coefficient (Wildman–Crippen LogP) is 7.59. The van der Waals surface area contributed by atoms with Crippen LogP contribution in [0.1, 0.15) is 0 Å². The Kier molecular flexibility index (Phi) is 4.35. The maximum absolute atomic E-state index is 6.24. The van der Waals surface area contributed by atoms with Crippen molar-refractivity contribution in [2.75, 3.05) is 0 Å². The fourth-order valence-electron chi connectivity index (χ4n) is 2.80. The normalized spacial score (nSPS) is 10.8. The van der Waals surface area contributed by atoms with Crippen molar-refractivity contribution in [3.8, 4) is 33.8 Å². The van der Waals surface area contributed by atoms with Crippen LogP contribution < -0.4 is 0 Å². The van der Waals surface area contributed by atoms with E-state index in [4.69, 9.17) is 27.6 Å². The van der Waals surface area contributed by atoms with Crippen molar-refractivity contribution in [2.24, 2.45) is 0 Å². The standard InChI is InChI=1S/C22H14Cl2O/c23-18-10-6-15(7-11-18)20-14-21(16-4-2-1-3-5-16)25-22(20)17-8-12-19(24)13-9-17/h1-14H. The van der Waals surface area contributed by atoms with Crippen LogP contribution in [0.15, 0.2) is 89.3 Å². The van der Waals surface area contributed by atoms with Crippen molar-refractivity contribution < 1.29 is 4.42 Å². The molecule has 122 valence electrons. The van der Waals surface area contributed by atoms with Crippen LogP contribution >= 0.6 is 23.2 Å². The fraction of sp³-hybridized carbons (Fsp3) is 0. The Morgan fingerprint density at radius 3 is 1.72 bits per heavy atom. The minimum Gasteiger partial charge on any atom is -0.455 e. The molecule has 4 aromatic rings. The number of rotatable bonds is 3. The molecule has 0 radical (unpaired) electrons. The molecule has 1 aromatic heterocycles. The third kappa shape index (κ3) is 3.34. The topological polar surface area (TPSA) is 13.1 Å². The highest BCUT2D eigenvalue weighted by atomic mass is 35.5. The molecule has 0 aliphatic rings. The maximum Gasteiger partial charge on any atom is 0.142 e. The summed E-state index contributed by atoms with van der Waals surface area (Å²) in [6.07, 6.45) is 0. The van der Waals surface area contributed by atoms with E-state index in [0.717, 1.165) is 33.8 Å². The Bertz CT molecular complexity index is 922. The smallest absolute Gasteiger partial charge is 0.142 e. The summed E-state index contributed by atoms with van der Waals surface area (Å²) in [7, 11) is 0. The summed E-state index contributed by atoms with van der Waals surface area (Å²) in [6.45, 7) is 0. The van der Waals surface area contributed by atoms with Gasteiger partial charge in [0.2, 0.25) is 0 Å². The second kappa shape index (κ2) is 6.79. The average molecular weight is 365 g/mol. The molecule has 0 fully saturated rings. The van der Waals surface area contributed by atoms with Crippen LogP contribution in [-0.2, 0) is 0 Å². The molecular weight excluding hydrogens is 351 g/mol. The van der Waals surface area contributed by atoms with Gasteiger partial charge >= 0.3 is 0 Å². The Balaban J connectivity index is 1.89. The monoisotopic (exact) mass is 364 g/mol. The predicted molar refractivity (Wildman–Crippen MR) is 105 cm³/mol. The lowest BCUT2D eigenvalue weighted by Crippen LogP contribution is -1.80. The molecule has 4 rings (SSSR count). The van der Waals surface area contributed by atoms with Crippen molar-refractivity contribution in [2.45, 2.75) is 0 Å². The third-order valence-electron chi connectivity index (χ3n) is 4.05. The van der Waals surface area contributed by atoms with E-state index >= 15 is 0 Å². The molecule has 3 aromatic carbocycles. The molecule has 1 nitrogen and oxygen atoms in total. The van der Waals surface area contributed by atoms with Gasteiger partial charge in [-0.05, 0) is 48.0 Å². The van der Waals surface area contributed by atoms with Crippen molar-refractivity contribution in [1.29, 1.82) is 0 Å². The summed E-state index contributed by atoms with van der Waals surface area (Å²) in [5.41, 5.74) is 4.10. The molecular formula is C22H14Cl2O. The highest BCUT2D eigenvalue weighted by Gasteiger charge is 2.16. The van der Waals surface area contributed by atoms with Gasteiger partial charge in [0.05, 0.1) is 0 Å².